The van der Waals surface area contributed by atoms with Gasteiger partial charge < -0.3 is 5.11 Å². The molecule has 0 saturated heterocycles. The number of rotatable bonds is 2. The molecule has 2 radical (unpaired) electrons. The smallest absolute Gasteiger partial charge is 0.445 e. The van der Waals surface area contributed by atoms with Crippen molar-refractivity contribution in [3.8, 4) is 0 Å². The van der Waals surface area contributed by atoms with Gasteiger partial charge in [0.2, 0.25) is 0 Å². The minimum atomic E-state index is 0. The van der Waals surface area contributed by atoms with Crippen LogP contribution in [0.4, 0.5) is 0 Å². The summed E-state index contributed by atoms with van der Waals surface area (Å²) < 4.78 is 0. The molecule has 0 aliphatic rings. The normalized spacial score (nSPS) is 8.50. The van der Waals surface area contributed by atoms with Gasteiger partial charge in [0, 0.05) is 11.9 Å². The van der Waals surface area contributed by atoms with Crippen molar-refractivity contribution >= 4 is 26.2 Å². The van der Waals surface area contributed by atoms with Gasteiger partial charge in [-0.05, 0) is 12.1 Å². The summed E-state index contributed by atoms with van der Waals surface area (Å²) in [6.45, 7) is 0.428. The fourth-order valence-corrected chi connectivity index (χ4v) is 0.674. The number of pyridine rings is 1. The first kappa shape index (κ1) is 9.99. The van der Waals surface area contributed by atoms with Crippen LogP contribution in [0.1, 0.15) is 5.69 Å². The fraction of sp³-hybridized carbons (Fsp3) is 0.286. The van der Waals surface area contributed by atoms with Gasteiger partial charge in [0.25, 0.3) is 0 Å². The topological polar surface area (TPSA) is 35.8 Å². The van der Waals surface area contributed by atoms with Crippen molar-refractivity contribution in [1.29, 1.82) is 0 Å². The van der Waals surface area contributed by atoms with Gasteiger partial charge in [0.15, 0.2) is 0 Å². The zero-order valence-corrected chi connectivity index (χ0v) is 9.10. The second-order valence-electron chi connectivity index (χ2n) is 1.82. The van der Waals surface area contributed by atoms with Crippen molar-refractivity contribution < 1.29 is 5.11 Å². The van der Waals surface area contributed by atoms with Gasteiger partial charge in [-0.3, -0.25) is 4.98 Å². The average molecular weight is 333 g/mol. The Kier molecular flexibility index (Phi) is 5.75. The molecule has 1 heterocycles. The van der Waals surface area contributed by atoms with Crippen LogP contribution in [0.25, 0.3) is 0 Å². The largest absolute Gasteiger partial charge is 3.00 e. The molecule has 0 spiro atoms. The van der Waals surface area contributed by atoms with Crippen LogP contribution in [0.5, 0.6) is 0 Å². The van der Waals surface area contributed by atoms with Crippen molar-refractivity contribution in [3.63, 3.8) is 0 Å². The summed E-state index contributed by atoms with van der Waals surface area (Å²) >= 11 is 0. The molecule has 2 nitrogen and oxygen atoms in total. The van der Waals surface area contributed by atoms with Crippen LogP contribution in [-0.4, -0.2) is 42.9 Å². The summed E-state index contributed by atoms with van der Waals surface area (Å²) in [5, 5.41) is 6.90. The van der Waals surface area contributed by atoms with E-state index in [2.05, 4.69) is 4.98 Å². The number of hydrogen-bond donors (Lipinski definition) is 0. The fourth-order valence-electron chi connectivity index (χ4n) is 0.674. The van der Waals surface area contributed by atoms with Gasteiger partial charge in [-0.2, -0.15) is 0 Å². The quantitative estimate of drug-likeness (QED) is 0.553. The standard InChI is InChI=1S/C7H9NO.Bi/c9-6-4-7-3-1-2-5-8-7;/h1-3,5,9H,4,6H2;/q;+3/p+1. The van der Waals surface area contributed by atoms with Gasteiger partial charge in [0.05, 0.1) is 6.42 Å². The van der Waals surface area contributed by atoms with E-state index in [9.17, 15) is 0 Å². The van der Waals surface area contributed by atoms with E-state index < -0.39 is 0 Å². The first-order chi connectivity index (χ1) is 4.43. The van der Waals surface area contributed by atoms with Crippen LogP contribution >= 0.6 is 0 Å². The second-order valence-corrected chi connectivity index (χ2v) is 1.82. The Labute approximate surface area is 79.4 Å². The van der Waals surface area contributed by atoms with Gasteiger partial charge in [-0.15, -0.1) is 0 Å². The molecule has 1 aromatic rings. The van der Waals surface area contributed by atoms with E-state index in [-0.39, 0.29) is 26.2 Å². The van der Waals surface area contributed by atoms with Crippen LogP contribution in [0.2, 0.25) is 0 Å². The molecule has 0 aliphatic heterocycles. The first-order valence-corrected chi connectivity index (χ1v) is 2.98. The molecular weight excluding hydrogens is 323 g/mol. The van der Waals surface area contributed by atoms with Gasteiger partial charge in [0.1, 0.15) is 6.61 Å². The molecule has 2 N–H and O–H groups in total. The Balaban J connectivity index is 0.000000810. The monoisotopic (exact) mass is 333 g/mol. The summed E-state index contributed by atoms with van der Waals surface area (Å²) in [5.41, 5.74) is 1.01. The first-order valence-electron chi connectivity index (χ1n) is 2.98. The molecule has 0 aliphatic carbocycles. The van der Waals surface area contributed by atoms with Crippen molar-refractivity contribution in [2.45, 2.75) is 6.42 Å². The van der Waals surface area contributed by atoms with Gasteiger partial charge in [-0.1, -0.05) is 6.07 Å². The number of aromatic nitrogens is 1. The molecule has 0 fully saturated rings. The Morgan fingerprint density at radius 1 is 1.40 bits per heavy atom. The van der Waals surface area contributed by atoms with E-state index in [0.29, 0.717) is 6.61 Å². The van der Waals surface area contributed by atoms with Crippen LogP contribution in [0.3, 0.4) is 0 Å². The third kappa shape index (κ3) is 3.23. The molecule has 0 bridgehead atoms. The van der Waals surface area contributed by atoms with E-state index in [0.717, 1.165) is 12.1 Å². The van der Waals surface area contributed by atoms with Crippen LogP contribution in [-0.2, 0) is 6.42 Å². The van der Waals surface area contributed by atoms with E-state index in [1.54, 1.807) is 6.20 Å². The Morgan fingerprint density at radius 3 is 2.70 bits per heavy atom. The predicted molar refractivity (Wildman–Crippen MR) is 42.2 cm³/mol. The predicted octanol–water partition coefficient (Wildman–Crippen LogP) is -0.0321. The Bertz CT molecular complexity index is 167. The molecule has 10 heavy (non-hydrogen) atoms. The molecule has 50 valence electrons. The third-order valence-corrected chi connectivity index (χ3v) is 1.11. The van der Waals surface area contributed by atoms with Crippen LogP contribution in [0.15, 0.2) is 24.4 Å². The zero-order chi connectivity index (χ0) is 6.53. The maximum absolute atomic E-state index is 6.90. The van der Waals surface area contributed by atoms with Crippen molar-refractivity contribution in [1.82, 2.24) is 4.98 Å². The van der Waals surface area contributed by atoms with E-state index >= 15 is 0 Å². The molecule has 0 saturated carbocycles. The molecule has 3 heteroatoms. The Morgan fingerprint density at radius 2 is 2.20 bits per heavy atom. The molecule has 0 aromatic carbocycles. The SMILES string of the molecule is [Bi+3].[OH2+]CCc1ccccn1. The number of hydrogen-bond acceptors (Lipinski definition) is 1. The molecule has 0 amide bonds. The van der Waals surface area contributed by atoms with E-state index in [1.165, 1.54) is 0 Å². The Hall–Kier alpha value is -0.00688. The zero-order valence-electron chi connectivity index (χ0n) is 5.62. The van der Waals surface area contributed by atoms with Crippen molar-refractivity contribution in [2.75, 3.05) is 6.61 Å². The van der Waals surface area contributed by atoms with Crippen LogP contribution in [0, 0.1) is 0 Å². The average Bonchev–Trinajstić information content (AvgIpc) is 1.91. The van der Waals surface area contributed by atoms with E-state index in [1.807, 2.05) is 18.2 Å². The third-order valence-electron chi connectivity index (χ3n) is 1.11. The molecular formula is C7H10BiNO+4. The molecule has 0 unspecified atom stereocenters. The minimum absolute atomic E-state index is 0. The van der Waals surface area contributed by atoms with Crippen LogP contribution < -0.4 is 0 Å². The number of nitrogens with zero attached hydrogens (tertiary/aromatic N) is 1. The summed E-state index contributed by atoms with van der Waals surface area (Å²) in [7, 11) is 0. The maximum Gasteiger partial charge on any atom is 3.00 e. The van der Waals surface area contributed by atoms with Crippen molar-refractivity contribution in [2.24, 2.45) is 0 Å². The second kappa shape index (κ2) is 5.75. The molecule has 0 atom stereocenters. The summed E-state index contributed by atoms with van der Waals surface area (Å²) in [4.78, 5) is 4.05. The van der Waals surface area contributed by atoms with Gasteiger partial charge in [-0.25, -0.2) is 0 Å². The minimum Gasteiger partial charge on any atom is -0.445 e. The van der Waals surface area contributed by atoms with E-state index in [4.69, 9.17) is 5.11 Å². The summed E-state index contributed by atoms with van der Waals surface area (Å²) in [6, 6.07) is 5.76. The summed E-state index contributed by atoms with van der Waals surface area (Å²) in [5.74, 6) is 0. The maximum atomic E-state index is 6.90. The van der Waals surface area contributed by atoms with Crippen molar-refractivity contribution in [3.05, 3.63) is 30.1 Å². The molecule has 1 aromatic heterocycles. The van der Waals surface area contributed by atoms with Gasteiger partial charge >= 0.3 is 26.2 Å². The molecule has 1 rings (SSSR count). The summed E-state index contributed by atoms with van der Waals surface area (Å²) in [6.07, 6.45) is 2.52.